The molecule has 2 aromatic rings. The molecule has 0 unspecified atom stereocenters. The lowest BCUT2D eigenvalue weighted by Crippen LogP contribution is -1.96. The third-order valence-corrected chi connectivity index (χ3v) is 2.28. The zero-order chi connectivity index (χ0) is 11.5. The van der Waals surface area contributed by atoms with Crippen LogP contribution >= 0.6 is 0 Å². The minimum Gasteiger partial charge on any atom is -0.390 e. The highest BCUT2D eigenvalue weighted by Gasteiger charge is 2.12. The van der Waals surface area contributed by atoms with Crippen LogP contribution in [0, 0.1) is 11.6 Å². The second-order valence-electron chi connectivity index (χ2n) is 3.26. The molecule has 1 aromatic heterocycles. The zero-order valence-corrected chi connectivity index (χ0v) is 8.32. The van der Waals surface area contributed by atoms with E-state index in [0.717, 1.165) is 6.07 Å². The van der Waals surface area contributed by atoms with Crippen LogP contribution in [0.2, 0.25) is 0 Å². The van der Waals surface area contributed by atoms with Gasteiger partial charge in [0.05, 0.1) is 12.3 Å². The Morgan fingerprint density at radius 1 is 1.06 bits per heavy atom. The first-order chi connectivity index (χ1) is 7.74. The number of aromatic nitrogens is 1. The highest BCUT2D eigenvalue weighted by atomic mass is 19.2. The van der Waals surface area contributed by atoms with E-state index in [1.54, 1.807) is 12.1 Å². The molecule has 0 fully saturated rings. The van der Waals surface area contributed by atoms with E-state index < -0.39 is 11.6 Å². The van der Waals surface area contributed by atoms with E-state index in [1.165, 1.54) is 18.3 Å². The number of pyridine rings is 1. The van der Waals surface area contributed by atoms with E-state index in [1.807, 2.05) is 0 Å². The van der Waals surface area contributed by atoms with E-state index in [0.29, 0.717) is 11.3 Å². The Labute approximate surface area is 91.2 Å². The van der Waals surface area contributed by atoms with E-state index in [-0.39, 0.29) is 12.2 Å². The number of aliphatic hydroxyl groups excluding tert-OH is 1. The number of hydrogen-bond acceptors (Lipinski definition) is 2. The first kappa shape index (κ1) is 10.7. The van der Waals surface area contributed by atoms with Crippen LogP contribution in [0.3, 0.4) is 0 Å². The summed E-state index contributed by atoms with van der Waals surface area (Å²) < 4.78 is 26.6. The van der Waals surface area contributed by atoms with Gasteiger partial charge in [0.1, 0.15) is 0 Å². The first-order valence-electron chi connectivity index (χ1n) is 4.73. The number of rotatable bonds is 2. The Bertz CT molecular complexity index is 514. The summed E-state index contributed by atoms with van der Waals surface area (Å²) in [5.74, 6) is -1.84. The average molecular weight is 221 g/mol. The van der Waals surface area contributed by atoms with Crippen LogP contribution in [0.25, 0.3) is 11.1 Å². The molecule has 0 amide bonds. The molecule has 0 radical (unpaired) electrons. The van der Waals surface area contributed by atoms with E-state index in [2.05, 4.69) is 4.98 Å². The molecule has 0 aliphatic heterocycles. The van der Waals surface area contributed by atoms with Gasteiger partial charge >= 0.3 is 0 Å². The van der Waals surface area contributed by atoms with Crippen LogP contribution in [0.1, 0.15) is 5.69 Å². The van der Waals surface area contributed by atoms with Crippen LogP contribution in [-0.4, -0.2) is 10.1 Å². The Kier molecular flexibility index (Phi) is 2.92. The smallest absolute Gasteiger partial charge is 0.166 e. The molecular weight excluding hydrogens is 212 g/mol. The van der Waals surface area contributed by atoms with Crippen molar-refractivity contribution in [2.24, 2.45) is 0 Å². The number of aliphatic hydroxyl groups is 1. The van der Waals surface area contributed by atoms with E-state index in [4.69, 9.17) is 5.11 Å². The molecule has 0 spiro atoms. The van der Waals surface area contributed by atoms with Gasteiger partial charge in [-0.15, -0.1) is 0 Å². The molecule has 0 aliphatic carbocycles. The van der Waals surface area contributed by atoms with Crippen LogP contribution in [0.4, 0.5) is 8.78 Å². The van der Waals surface area contributed by atoms with Crippen LogP contribution in [0.5, 0.6) is 0 Å². The van der Waals surface area contributed by atoms with Gasteiger partial charge < -0.3 is 5.11 Å². The molecule has 2 rings (SSSR count). The fourth-order valence-electron chi connectivity index (χ4n) is 1.52. The first-order valence-corrected chi connectivity index (χ1v) is 4.73. The Hall–Kier alpha value is -1.81. The summed E-state index contributed by atoms with van der Waals surface area (Å²) in [6.45, 7) is -0.313. The molecule has 0 saturated heterocycles. The molecule has 4 heteroatoms. The van der Waals surface area contributed by atoms with Gasteiger partial charge in [-0.25, -0.2) is 8.78 Å². The van der Waals surface area contributed by atoms with Crippen molar-refractivity contribution in [2.75, 3.05) is 0 Å². The lowest BCUT2D eigenvalue weighted by Gasteiger charge is -2.07. The molecule has 16 heavy (non-hydrogen) atoms. The molecule has 82 valence electrons. The average Bonchev–Trinajstić information content (AvgIpc) is 2.33. The normalized spacial score (nSPS) is 10.4. The molecule has 2 nitrogen and oxygen atoms in total. The summed E-state index contributed by atoms with van der Waals surface area (Å²) in [6, 6.07) is 7.12. The van der Waals surface area contributed by atoms with Gasteiger partial charge in [-0.3, -0.25) is 4.98 Å². The summed E-state index contributed by atoms with van der Waals surface area (Å²) in [4.78, 5) is 3.91. The lowest BCUT2D eigenvalue weighted by molar-refractivity contribution is 0.277. The third kappa shape index (κ3) is 1.79. The fraction of sp³-hybridized carbons (Fsp3) is 0.0833. The van der Waals surface area contributed by atoms with Gasteiger partial charge in [0.25, 0.3) is 0 Å². The number of hydrogen-bond donors (Lipinski definition) is 1. The number of nitrogens with zero attached hydrogens (tertiary/aromatic N) is 1. The molecule has 0 bridgehead atoms. The van der Waals surface area contributed by atoms with Crippen molar-refractivity contribution in [3.8, 4) is 11.1 Å². The maximum Gasteiger partial charge on any atom is 0.166 e. The predicted molar refractivity (Wildman–Crippen MR) is 55.5 cm³/mol. The van der Waals surface area contributed by atoms with Crippen molar-refractivity contribution < 1.29 is 13.9 Å². The Balaban J connectivity index is 2.63. The minimum absolute atomic E-state index is 0.108. The minimum atomic E-state index is -0.926. The molecule has 0 aliphatic rings. The zero-order valence-electron chi connectivity index (χ0n) is 8.32. The van der Waals surface area contributed by atoms with Crippen molar-refractivity contribution in [1.29, 1.82) is 0 Å². The number of benzene rings is 1. The van der Waals surface area contributed by atoms with Gasteiger partial charge in [-0.05, 0) is 12.1 Å². The van der Waals surface area contributed by atoms with Gasteiger partial charge in [0.2, 0.25) is 0 Å². The monoisotopic (exact) mass is 221 g/mol. The second kappa shape index (κ2) is 4.37. The van der Waals surface area contributed by atoms with Crippen molar-refractivity contribution in [1.82, 2.24) is 4.98 Å². The fourth-order valence-corrected chi connectivity index (χ4v) is 1.52. The van der Waals surface area contributed by atoms with Crippen LogP contribution < -0.4 is 0 Å². The van der Waals surface area contributed by atoms with Crippen molar-refractivity contribution in [2.45, 2.75) is 6.61 Å². The predicted octanol–water partition coefficient (Wildman–Crippen LogP) is 2.52. The summed E-state index contributed by atoms with van der Waals surface area (Å²) in [6.07, 6.45) is 1.49. The maximum absolute atomic E-state index is 13.5. The highest BCUT2D eigenvalue weighted by Crippen LogP contribution is 2.26. The lowest BCUT2D eigenvalue weighted by atomic mass is 10.0. The van der Waals surface area contributed by atoms with Gasteiger partial charge in [0, 0.05) is 17.3 Å². The van der Waals surface area contributed by atoms with E-state index in [9.17, 15) is 8.78 Å². The summed E-state index contributed by atoms with van der Waals surface area (Å²) in [5, 5.41) is 9.06. The summed E-state index contributed by atoms with van der Waals surface area (Å²) in [7, 11) is 0. The van der Waals surface area contributed by atoms with Gasteiger partial charge in [-0.1, -0.05) is 18.2 Å². The van der Waals surface area contributed by atoms with Gasteiger partial charge in [0.15, 0.2) is 11.6 Å². The maximum atomic E-state index is 13.5. The molecule has 0 saturated carbocycles. The van der Waals surface area contributed by atoms with Crippen molar-refractivity contribution in [3.05, 3.63) is 53.9 Å². The summed E-state index contributed by atoms with van der Waals surface area (Å²) >= 11 is 0. The van der Waals surface area contributed by atoms with Crippen molar-refractivity contribution in [3.63, 3.8) is 0 Å². The molecule has 1 N–H and O–H groups in total. The molecule has 1 aromatic carbocycles. The topological polar surface area (TPSA) is 33.1 Å². The second-order valence-corrected chi connectivity index (χ2v) is 3.26. The highest BCUT2D eigenvalue weighted by molar-refractivity contribution is 5.66. The third-order valence-electron chi connectivity index (χ3n) is 2.28. The van der Waals surface area contributed by atoms with Crippen molar-refractivity contribution >= 4 is 0 Å². The Morgan fingerprint density at radius 2 is 1.81 bits per heavy atom. The SMILES string of the molecule is OCc1ncccc1-c1cccc(F)c1F. The number of halogens is 2. The molecule has 1 heterocycles. The van der Waals surface area contributed by atoms with Gasteiger partial charge in [-0.2, -0.15) is 0 Å². The summed E-state index contributed by atoms with van der Waals surface area (Å²) in [5.41, 5.74) is 0.839. The quantitative estimate of drug-likeness (QED) is 0.845. The Morgan fingerprint density at radius 3 is 2.56 bits per heavy atom. The standard InChI is InChI=1S/C12H9F2NO/c13-10-5-1-3-9(12(10)14)8-4-2-6-15-11(8)7-16/h1-6,16H,7H2. The largest absolute Gasteiger partial charge is 0.390 e. The molecular formula is C12H9F2NO. The van der Waals surface area contributed by atoms with Crippen LogP contribution in [-0.2, 0) is 6.61 Å². The van der Waals surface area contributed by atoms with E-state index >= 15 is 0 Å². The molecule has 0 atom stereocenters. The van der Waals surface area contributed by atoms with Crippen LogP contribution in [0.15, 0.2) is 36.5 Å².